The van der Waals surface area contributed by atoms with Gasteiger partial charge in [0.05, 0.1) is 5.56 Å². The fraction of sp³-hybridized carbons (Fsp3) is 0.0588. The zero-order chi connectivity index (χ0) is 14.9. The number of alkyl halides is 3. The van der Waals surface area contributed by atoms with Gasteiger partial charge in [0.15, 0.2) is 0 Å². The monoisotopic (exact) mass is 287 g/mol. The zero-order valence-electron chi connectivity index (χ0n) is 11.0. The lowest BCUT2D eigenvalue weighted by atomic mass is 10.1. The van der Waals surface area contributed by atoms with Crippen molar-refractivity contribution in [1.29, 1.82) is 0 Å². The van der Waals surface area contributed by atoms with Gasteiger partial charge in [0, 0.05) is 11.9 Å². The molecule has 0 saturated heterocycles. The lowest BCUT2D eigenvalue weighted by molar-refractivity contribution is -0.137. The Morgan fingerprint density at radius 2 is 1.38 bits per heavy atom. The third-order valence-electron chi connectivity index (χ3n) is 3.31. The van der Waals surface area contributed by atoms with E-state index in [1.165, 1.54) is 12.1 Å². The number of aromatic nitrogens is 1. The number of aromatic amines is 1. The van der Waals surface area contributed by atoms with E-state index in [0.717, 1.165) is 34.5 Å². The Hall–Kier alpha value is -2.49. The Labute approximate surface area is 120 Å². The Balaban J connectivity index is 1.90. The van der Waals surface area contributed by atoms with Crippen molar-refractivity contribution in [1.82, 2.24) is 4.98 Å². The van der Waals surface area contributed by atoms with Gasteiger partial charge in [-0.05, 0) is 34.9 Å². The highest BCUT2D eigenvalue weighted by Gasteiger charge is 2.29. The topological polar surface area (TPSA) is 15.8 Å². The average Bonchev–Trinajstić information content (AvgIpc) is 2.97. The number of nitrogens with one attached hydrogen (secondary N) is 1. The van der Waals surface area contributed by atoms with Gasteiger partial charge < -0.3 is 4.98 Å². The largest absolute Gasteiger partial charge is 0.416 e. The van der Waals surface area contributed by atoms with Crippen LogP contribution in [-0.4, -0.2) is 4.98 Å². The highest BCUT2D eigenvalue weighted by Crippen LogP contribution is 2.31. The minimum Gasteiger partial charge on any atom is -0.361 e. The van der Waals surface area contributed by atoms with E-state index >= 15 is 0 Å². The number of rotatable bonds is 2. The first-order valence-corrected chi connectivity index (χ1v) is 6.45. The smallest absolute Gasteiger partial charge is 0.361 e. The van der Waals surface area contributed by atoms with Crippen molar-refractivity contribution in [3.05, 3.63) is 72.4 Å². The van der Waals surface area contributed by atoms with Crippen molar-refractivity contribution in [3.63, 3.8) is 0 Å². The summed E-state index contributed by atoms with van der Waals surface area (Å²) in [5.41, 5.74) is 2.95. The van der Waals surface area contributed by atoms with Crippen LogP contribution in [-0.2, 0) is 6.18 Å². The molecular weight excluding hydrogens is 275 g/mol. The van der Waals surface area contributed by atoms with Gasteiger partial charge in [0.25, 0.3) is 0 Å². The quantitative estimate of drug-likeness (QED) is 0.652. The second-order valence-corrected chi connectivity index (χ2v) is 4.74. The third-order valence-corrected chi connectivity index (χ3v) is 3.31. The van der Waals surface area contributed by atoms with Gasteiger partial charge in [0.2, 0.25) is 0 Å². The Bertz CT molecular complexity index is 725. The molecule has 0 radical (unpaired) electrons. The molecular formula is C17H12F3N. The number of hydrogen-bond donors (Lipinski definition) is 1. The van der Waals surface area contributed by atoms with Crippen molar-refractivity contribution in [2.75, 3.05) is 0 Å². The van der Waals surface area contributed by atoms with Crippen molar-refractivity contribution in [2.45, 2.75) is 6.18 Å². The summed E-state index contributed by atoms with van der Waals surface area (Å²) in [6.07, 6.45) is -2.45. The van der Waals surface area contributed by atoms with E-state index in [1.807, 2.05) is 42.6 Å². The predicted octanol–water partition coefficient (Wildman–Crippen LogP) is 5.37. The molecule has 0 atom stereocenters. The Kier molecular flexibility index (Phi) is 3.29. The maximum atomic E-state index is 12.5. The number of benzene rings is 2. The highest BCUT2D eigenvalue weighted by molar-refractivity contribution is 5.71. The van der Waals surface area contributed by atoms with Crippen LogP contribution in [0.4, 0.5) is 13.2 Å². The molecule has 0 amide bonds. The normalized spacial score (nSPS) is 11.6. The van der Waals surface area contributed by atoms with E-state index in [2.05, 4.69) is 4.98 Å². The molecule has 0 aliphatic carbocycles. The van der Waals surface area contributed by atoms with Crippen LogP contribution >= 0.6 is 0 Å². The first-order valence-electron chi connectivity index (χ1n) is 6.45. The Morgan fingerprint density at radius 1 is 0.714 bits per heavy atom. The fourth-order valence-electron chi connectivity index (χ4n) is 2.20. The van der Waals surface area contributed by atoms with Crippen LogP contribution < -0.4 is 0 Å². The average molecular weight is 287 g/mol. The lowest BCUT2D eigenvalue weighted by Crippen LogP contribution is -2.03. The fourth-order valence-corrected chi connectivity index (χ4v) is 2.20. The van der Waals surface area contributed by atoms with E-state index in [-0.39, 0.29) is 0 Å². The minimum atomic E-state index is -4.30. The number of halogens is 3. The van der Waals surface area contributed by atoms with Crippen LogP contribution in [0.1, 0.15) is 5.56 Å². The predicted molar refractivity (Wildman–Crippen MR) is 76.7 cm³/mol. The van der Waals surface area contributed by atoms with Crippen molar-refractivity contribution < 1.29 is 13.2 Å². The van der Waals surface area contributed by atoms with Gasteiger partial charge >= 0.3 is 6.18 Å². The summed E-state index contributed by atoms with van der Waals surface area (Å²) in [5, 5.41) is 0. The van der Waals surface area contributed by atoms with Crippen LogP contribution in [0.3, 0.4) is 0 Å². The molecule has 2 aromatic carbocycles. The minimum absolute atomic E-state index is 0.638. The molecule has 0 aliphatic heterocycles. The summed E-state index contributed by atoms with van der Waals surface area (Å²) in [6.45, 7) is 0. The van der Waals surface area contributed by atoms with E-state index in [9.17, 15) is 13.2 Å². The maximum Gasteiger partial charge on any atom is 0.416 e. The summed E-state index contributed by atoms with van der Waals surface area (Å²) in [4.78, 5) is 3.10. The van der Waals surface area contributed by atoms with Gasteiger partial charge in [-0.2, -0.15) is 13.2 Å². The molecule has 21 heavy (non-hydrogen) atoms. The maximum absolute atomic E-state index is 12.5. The highest BCUT2D eigenvalue weighted by atomic mass is 19.4. The van der Waals surface area contributed by atoms with Gasteiger partial charge in [-0.15, -0.1) is 0 Å². The van der Waals surface area contributed by atoms with Crippen LogP contribution in [0.2, 0.25) is 0 Å². The van der Waals surface area contributed by atoms with Crippen molar-refractivity contribution in [3.8, 4) is 22.4 Å². The molecule has 0 bridgehead atoms. The second kappa shape index (κ2) is 5.13. The summed E-state index contributed by atoms with van der Waals surface area (Å²) in [7, 11) is 0. The summed E-state index contributed by atoms with van der Waals surface area (Å²) in [5.74, 6) is 0. The van der Waals surface area contributed by atoms with E-state index in [4.69, 9.17) is 0 Å². The van der Waals surface area contributed by atoms with Crippen LogP contribution in [0.15, 0.2) is 66.9 Å². The molecule has 3 aromatic rings. The number of H-pyrrole nitrogens is 1. The summed E-state index contributed by atoms with van der Waals surface area (Å²) >= 11 is 0. The Morgan fingerprint density at radius 3 is 2.00 bits per heavy atom. The molecule has 0 saturated carbocycles. The molecule has 0 fully saturated rings. The molecule has 1 heterocycles. The van der Waals surface area contributed by atoms with E-state index < -0.39 is 11.7 Å². The molecule has 1 nitrogen and oxygen atoms in total. The summed E-state index contributed by atoms with van der Waals surface area (Å²) < 4.78 is 37.6. The molecule has 4 heteroatoms. The second-order valence-electron chi connectivity index (χ2n) is 4.74. The summed E-state index contributed by atoms with van der Waals surface area (Å²) in [6, 6.07) is 16.9. The third kappa shape index (κ3) is 2.84. The van der Waals surface area contributed by atoms with Crippen LogP contribution in [0, 0.1) is 0 Å². The molecule has 0 unspecified atom stereocenters. The molecule has 1 N–H and O–H groups in total. The molecule has 0 spiro atoms. The molecule has 106 valence electrons. The standard InChI is InChI=1S/C17H12F3N/c18-17(19,20)15-8-6-13(7-9-15)16-10-14(11-21-16)12-4-2-1-3-5-12/h1-11,21H. The van der Waals surface area contributed by atoms with Crippen molar-refractivity contribution in [2.24, 2.45) is 0 Å². The molecule has 1 aromatic heterocycles. The van der Waals surface area contributed by atoms with E-state index in [0.29, 0.717) is 0 Å². The van der Waals surface area contributed by atoms with Gasteiger partial charge in [0.1, 0.15) is 0 Å². The van der Waals surface area contributed by atoms with Gasteiger partial charge in [-0.25, -0.2) is 0 Å². The van der Waals surface area contributed by atoms with E-state index in [1.54, 1.807) is 0 Å². The van der Waals surface area contributed by atoms with Crippen LogP contribution in [0.25, 0.3) is 22.4 Å². The first-order chi connectivity index (χ1) is 10.0. The number of hydrogen-bond acceptors (Lipinski definition) is 0. The molecule has 0 aliphatic rings. The van der Waals surface area contributed by atoms with Crippen LogP contribution in [0.5, 0.6) is 0 Å². The van der Waals surface area contributed by atoms with Gasteiger partial charge in [-0.1, -0.05) is 42.5 Å². The zero-order valence-corrected chi connectivity index (χ0v) is 11.0. The van der Waals surface area contributed by atoms with Crippen molar-refractivity contribution >= 4 is 0 Å². The SMILES string of the molecule is FC(F)(F)c1ccc(-c2cc(-c3ccccc3)c[nH]2)cc1. The lowest BCUT2D eigenvalue weighted by Gasteiger charge is -2.06. The first kappa shape index (κ1) is 13.5. The molecule has 3 rings (SSSR count). The van der Waals surface area contributed by atoms with Gasteiger partial charge in [-0.3, -0.25) is 0 Å².